The maximum atomic E-state index is 8.76. The van der Waals surface area contributed by atoms with E-state index < -0.39 is 0 Å². The van der Waals surface area contributed by atoms with Gasteiger partial charge in [0, 0.05) is 17.0 Å². The van der Waals surface area contributed by atoms with Gasteiger partial charge in [0.2, 0.25) is 0 Å². The molecule has 0 fully saturated rings. The highest BCUT2D eigenvalue weighted by atomic mass is 16.4. The first-order chi connectivity index (χ1) is 6.49. The van der Waals surface area contributed by atoms with Crippen LogP contribution in [-0.4, -0.2) is 15.9 Å². The van der Waals surface area contributed by atoms with Crippen molar-refractivity contribution >= 4 is 5.71 Å². The monoisotopic (exact) mass is 192 g/mol. The molecule has 1 rings (SSSR count). The van der Waals surface area contributed by atoms with Crippen LogP contribution in [0.4, 0.5) is 0 Å². The molecule has 0 saturated heterocycles. The highest BCUT2D eigenvalue weighted by Crippen LogP contribution is 2.19. The Hall–Kier alpha value is -1.38. The predicted octanol–water partition coefficient (Wildman–Crippen LogP) is 2.51. The Labute approximate surface area is 84.5 Å². The molecule has 0 aliphatic rings. The van der Waals surface area contributed by atoms with Crippen LogP contribution in [-0.2, 0) is 0 Å². The summed E-state index contributed by atoms with van der Waals surface area (Å²) in [6.45, 7) is 9.77. The van der Waals surface area contributed by atoms with E-state index in [9.17, 15) is 0 Å². The zero-order valence-corrected chi connectivity index (χ0v) is 9.34. The van der Waals surface area contributed by atoms with Gasteiger partial charge < -0.3 is 5.21 Å². The van der Waals surface area contributed by atoms with Crippen LogP contribution in [0.15, 0.2) is 5.16 Å². The topological polar surface area (TPSA) is 45.5 Å². The highest BCUT2D eigenvalue weighted by molar-refractivity contribution is 6.00. The molecule has 0 aromatic carbocycles. The number of oxime groups is 1. The van der Waals surface area contributed by atoms with Gasteiger partial charge in [-0.05, 0) is 45.7 Å². The molecule has 0 spiro atoms. The number of hydrogen-bond donors (Lipinski definition) is 1. The van der Waals surface area contributed by atoms with Crippen molar-refractivity contribution < 1.29 is 5.21 Å². The molecule has 0 saturated carbocycles. The standard InChI is InChI=1S/C11H16N2O/c1-6-7(2)11(10(5)13-14)9(4)12-8(6)3/h14H,1-5H3/b13-10+. The van der Waals surface area contributed by atoms with Crippen LogP contribution in [0.2, 0.25) is 0 Å². The van der Waals surface area contributed by atoms with Crippen LogP contribution in [0.1, 0.15) is 35.0 Å². The molecule has 14 heavy (non-hydrogen) atoms. The van der Waals surface area contributed by atoms with Crippen LogP contribution >= 0.6 is 0 Å². The summed E-state index contributed by atoms with van der Waals surface area (Å²) in [6.07, 6.45) is 0. The molecule has 0 atom stereocenters. The molecule has 1 N–H and O–H groups in total. The van der Waals surface area contributed by atoms with Gasteiger partial charge in [-0.1, -0.05) is 5.16 Å². The van der Waals surface area contributed by atoms with Gasteiger partial charge in [0.15, 0.2) is 0 Å². The van der Waals surface area contributed by atoms with E-state index in [1.807, 2.05) is 27.7 Å². The van der Waals surface area contributed by atoms with Gasteiger partial charge in [0.25, 0.3) is 0 Å². The van der Waals surface area contributed by atoms with Gasteiger partial charge in [-0.25, -0.2) is 0 Å². The molecule has 1 aromatic heterocycles. The lowest BCUT2D eigenvalue weighted by Crippen LogP contribution is -2.07. The lowest BCUT2D eigenvalue weighted by atomic mass is 9.98. The van der Waals surface area contributed by atoms with E-state index in [-0.39, 0.29) is 0 Å². The third-order valence-electron chi connectivity index (χ3n) is 2.69. The Kier molecular flexibility index (Phi) is 2.89. The van der Waals surface area contributed by atoms with Crippen molar-refractivity contribution in [1.82, 2.24) is 4.98 Å². The van der Waals surface area contributed by atoms with E-state index in [1.165, 1.54) is 0 Å². The predicted molar refractivity (Wildman–Crippen MR) is 57.2 cm³/mol. The van der Waals surface area contributed by atoms with E-state index in [2.05, 4.69) is 10.1 Å². The van der Waals surface area contributed by atoms with Crippen molar-refractivity contribution in [2.75, 3.05) is 0 Å². The summed E-state index contributed by atoms with van der Waals surface area (Å²) in [4.78, 5) is 4.41. The molecule has 0 radical (unpaired) electrons. The fourth-order valence-corrected chi connectivity index (χ4v) is 1.70. The number of pyridine rings is 1. The van der Waals surface area contributed by atoms with Crippen LogP contribution < -0.4 is 0 Å². The normalized spacial score (nSPS) is 11.9. The number of nitrogens with zero attached hydrogens (tertiary/aromatic N) is 2. The van der Waals surface area contributed by atoms with Crippen molar-refractivity contribution in [1.29, 1.82) is 0 Å². The van der Waals surface area contributed by atoms with Gasteiger partial charge in [-0.15, -0.1) is 0 Å². The van der Waals surface area contributed by atoms with Gasteiger partial charge in [-0.2, -0.15) is 0 Å². The second kappa shape index (κ2) is 3.78. The summed E-state index contributed by atoms with van der Waals surface area (Å²) in [5.74, 6) is 0. The van der Waals surface area contributed by atoms with E-state index in [4.69, 9.17) is 5.21 Å². The number of hydrogen-bond acceptors (Lipinski definition) is 3. The van der Waals surface area contributed by atoms with E-state index in [1.54, 1.807) is 6.92 Å². The Morgan fingerprint density at radius 2 is 1.64 bits per heavy atom. The molecule has 3 heteroatoms. The average Bonchev–Trinajstić information content (AvgIpc) is 2.14. The molecule has 0 aliphatic carbocycles. The van der Waals surface area contributed by atoms with Crippen molar-refractivity contribution in [2.24, 2.45) is 5.16 Å². The van der Waals surface area contributed by atoms with Crippen LogP contribution in [0, 0.1) is 27.7 Å². The molecule has 1 aromatic rings. The van der Waals surface area contributed by atoms with E-state index >= 15 is 0 Å². The van der Waals surface area contributed by atoms with Crippen molar-refractivity contribution in [3.05, 3.63) is 28.1 Å². The number of aryl methyl sites for hydroxylation is 2. The third kappa shape index (κ3) is 1.62. The molecule has 3 nitrogen and oxygen atoms in total. The van der Waals surface area contributed by atoms with Crippen molar-refractivity contribution in [3.63, 3.8) is 0 Å². The number of aromatic nitrogens is 1. The molecule has 0 aliphatic heterocycles. The maximum absolute atomic E-state index is 8.76. The minimum atomic E-state index is 0.621. The number of rotatable bonds is 1. The van der Waals surface area contributed by atoms with Gasteiger partial charge in [0.1, 0.15) is 0 Å². The smallest absolute Gasteiger partial charge is 0.0857 e. The second-order valence-electron chi connectivity index (χ2n) is 3.59. The summed E-state index contributed by atoms with van der Waals surface area (Å²) in [5, 5.41) is 12.0. The van der Waals surface area contributed by atoms with Crippen molar-refractivity contribution in [3.8, 4) is 0 Å². The lowest BCUT2D eigenvalue weighted by Gasteiger charge is -2.12. The molecule has 76 valence electrons. The van der Waals surface area contributed by atoms with Crippen LogP contribution in [0.25, 0.3) is 0 Å². The largest absolute Gasteiger partial charge is 0.411 e. The first kappa shape index (κ1) is 10.7. The summed E-state index contributed by atoms with van der Waals surface area (Å²) in [5.41, 5.74) is 5.83. The molecule has 0 unspecified atom stereocenters. The average molecular weight is 192 g/mol. The van der Waals surface area contributed by atoms with Crippen LogP contribution in [0.5, 0.6) is 0 Å². The van der Waals surface area contributed by atoms with E-state index in [0.717, 1.165) is 28.1 Å². The van der Waals surface area contributed by atoms with Gasteiger partial charge in [0.05, 0.1) is 5.71 Å². The summed E-state index contributed by atoms with van der Waals surface area (Å²) < 4.78 is 0. The quantitative estimate of drug-likeness (QED) is 0.422. The Balaban J connectivity index is 3.52. The third-order valence-corrected chi connectivity index (χ3v) is 2.69. The minimum absolute atomic E-state index is 0.621. The molecule has 0 amide bonds. The molecular formula is C11H16N2O. The summed E-state index contributed by atoms with van der Waals surface area (Å²) in [6, 6.07) is 0. The maximum Gasteiger partial charge on any atom is 0.0857 e. The van der Waals surface area contributed by atoms with Gasteiger partial charge in [-0.3, -0.25) is 4.98 Å². The highest BCUT2D eigenvalue weighted by Gasteiger charge is 2.11. The Morgan fingerprint density at radius 1 is 1.07 bits per heavy atom. The molecule has 0 bridgehead atoms. The SMILES string of the molecule is C/C(=N\O)c1c(C)nc(C)c(C)c1C. The second-order valence-corrected chi connectivity index (χ2v) is 3.59. The first-order valence-electron chi connectivity index (χ1n) is 4.62. The fraction of sp³-hybridized carbons (Fsp3) is 0.455. The first-order valence-corrected chi connectivity index (χ1v) is 4.62. The minimum Gasteiger partial charge on any atom is -0.411 e. The molecule has 1 heterocycles. The summed E-state index contributed by atoms with van der Waals surface area (Å²) in [7, 11) is 0. The van der Waals surface area contributed by atoms with Crippen LogP contribution in [0.3, 0.4) is 0 Å². The van der Waals surface area contributed by atoms with Gasteiger partial charge >= 0.3 is 0 Å². The zero-order chi connectivity index (χ0) is 10.9. The lowest BCUT2D eigenvalue weighted by molar-refractivity contribution is 0.319. The van der Waals surface area contributed by atoms with E-state index in [0.29, 0.717) is 5.71 Å². The molecular weight excluding hydrogens is 176 g/mol. The fourth-order valence-electron chi connectivity index (χ4n) is 1.70. The Bertz CT molecular complexity index is 395. The summed E-state index contributed by atoms with van der Waals surface area (Å²) >= 11 is 0. The van der Waals surface area contributed by atoms with Crippen molar-refractivity contribution in [2.45, 2.75) is 34.6 Å². The zero-order valence-electron chi connectivity index (χ0n) is 9.34. The Morgan fingerprint density at radius 3 is 2.14 bits per heavy atom.